The van der Waals surface area contributed by atoms with Crippen molar-refractivity contribution in [2.75, 3.05) is 0 Å². The van der Waals surface area contributed by atoms with Gasteiger partial charge in [-0.1, -0.05) is 59.8 Å². The van der Waals surface area contributed by atoms with Crippen LogP contribution in [0.1, 0.15) is 81.6 Å². The van der Waals surface area contributed by atoms with Crippen LogP contribution in [0, 0.1) is 10.8 Å². The molecule has 2 nitrogen and oxygen atoms in total. The summed E-state index contributed by atoms with van der Waals surface area (Å²) in [5.74, 6) is -0.0655. The Hall–Kier alpha value is -1.44. The summed E-state index contributed by atoms with van der Waals surface area (Å²) in [5.41, 5.74) is 2.84. The van der Waals surface area contributed by atoms with E-state index >= 15 is 0 Å². The lowest BCUT2D eigenvalue weighted by atomic mass is 9.74. The number of carbonyl (C=O) groups excluding carboxylic acids is 2. The van der Waals surface area contributed by atoms with Crippen LogP contribution in [0.4, 0.5) is 0 Å². The molecule has 0 aromatic heterocycles. The van der Waals surface area contributed by atoms with Gasteiger partial charge in [-0.3, -0.25) is 9.59 Å². The van der Waals surface area contributed by atoms with E-state index in [0.717, 1.165) is 12.8 Å². The van der Waals surface area contributed by atoms with Gasteiger partial charge >= 0.3 is 0 Å². The summed E-state index contributed by atoms with van der Waals surface area (Å²) < 4.78 is 0. The molecule has 0 rings (SSSR count). The minimum atomic E-state index is -0.399. The maximum Gasteiger partial charge on any atom is 0.185 e. The normalized spacial score (nSPS) is 14.3. The number of allylic oxidation sites excluding steroid dienone is 5. The molecule has 0 amide bonds. The van der Waals surface area contributed by atoms with Crippen molar-refractivity contribution in [1.29, 1.82) is 0 Å². The van der Waals surface area contributed by atoms with Crippen LogP contribution in [-0.2, 0) is 9.59 Å². The largest absolute Gasteiger partial charge is 0.295 e. The molecule has 136 valence electrons. The van der Waals surface area contributed by atoms with E-state index in [0.29, 0.717) is 23.1 Å². The fourth-order valence-electron chi connectivity index (χ4n) is 3.04. The highest BCUT2D eigenvalue weighted by Crippen LogP contribution is 2.36. The number of carbonyl (C=O) groups is 2. The molecule has 0 unspecified atom stereocenters. The maximum absolute atomic E-state index is 12.7. The summed E-state index contributed by atoms with van der Waals surface area (Å²) in [4.78, 5) is 24.9. The Labute approximate surface area is 149 Å². The minimum Gasteiger partial charge on any atom is -0.295 e. The number of ketones is 2. The standard InChI is InChI=1S/C22H36O2/c1-11-18(23)17(5)19(20(24)15(2)3)22(9,10)13-12-16(4)14-21(6,7)8/h12H,2,11,13-14H2,1,3-10H3. The van der Waals surface area contributed by atoms with E-state index in [1.54, 1.807) is 13.8 Å². The molecule has 0 aliphatic carbocycles. The molecular formula is C22H36O2. The molecule has 0 aliphatic heterocycles. The van der Waals surface area contributed by atoms with Crippen molar-refractivity contribution < 1.29 is 9.59 Å². The van der Waals surface area contributed by atoms with E-state index in [1.807, 2.05) is 20.8 Å². The third kappa shape index (κ3) is 6.98. The molecule has 0 spiro atoms. The Morgan fingerprint density at radius 2 is 1.50 bits per heavy atom. The number of Topliss-reactive ketones (excluding diaryl/α,β-unsaturated/α-hetero) is 2. The third-order valence-corrected chi connectivity index (χ3v) is 4.18. The SMILES string of the molecule is C=C(C)C(=O)C(=C(C)C(=O)CC)C(C)(C)CC=C(C)CC(C)(C)C. The van der Waals surface area contributed by atoms with Crippen LogP contribution in [0.3, 0.4) is 0 Å². The van der Waals surface area contributed by atoms with Crippen molar-refractivity contribution in [3.63, 3.8) is 0 Å². The quantitative estimate of drug-likeness (QED) is 0.390. The van der Waals surface area contributed by atoms with Crippen LogP contribution in [-0.4, -0.2) is 11.6 Å². The molecular weight excluding hydrogens is 296 g/mol. The molecule has 0 aliphatic rings. The smallest absolute Gasteiger partial charge is 0.185 e. The van der Waals surface area contributed by atoms with Gasteiger partial charge in [-0.2, -0.15) is 0 Å². The van der Waals surface area contributed by atoms with Crippen LogP contribution < -0.4 is 0 Å². The number of rotatable bonds is 8. The molecule has 0 atom stereocenters. The Bertz CT molecular complexity index is 563. The summed E-state index contributed by atoms with van der Waals surface area (Å²) in [6, 6.07) is 0. The molecule has 0 N–H and O–H groups in total. The van der Waals surface area contributed by atoms with Crippen LogP contribution >= 0.6 is 0 Å². The van der Waals surface area contributed by atoms with Crippen LogP contribution in [0.25, 0.3) is 0 Å². The lowest BCUT2D eigenvalue weighted by Crippen LogP contribution is -2.25. The van der Waals surface area contributed by atoms with Crippen LogP contribution in [0.15, 0.2) is 34.9 Å². The third-order valence-electron chi connectivity index (χ3n) is 4.18. The predicted octanol–water partition coefficient (Wildman–Crippen LogP) is 6.23. The van der Waals surface area contributed by atoms with E-state index in [9.17, 15) is 9.59 Å². The van der Waals surface area contributed by atoms with Crippen molar-refractivity contribution in [2.24, 2.45) is 10.8 Å². The summed E-state index contributed by atoms with van der Waals surface area (Å²) in [5, 5.41) is 0. The second-order valence-electron chi connectivity index (χ2n) is 8.76. The van der Waals surface area contributed by atoms with Gasteiger partial charge in [-0.05, 0) is 55.6 Å². The first-order valence-electron chi connectivity index (χ1n) is 8.83. The molecule has 0 saturated heterocycles. The predicted molar refractivity (Wildman–Crippen MR) is 104 cm³/mol. The number of hydrogen-bond acceptors (Lipinski definition) is 2. The fourth-order valence-corrected chi connectivity index (χ4v) is 3.04. The van der Waals surface area contributed by atoms with Gasteiger partial charge in [-0.25, -0.2) is 0 Å². The lowest BCUT2D eigenvalue weighted by Gasteiger charge is -2.29. The highest BCUT2D eigenvalue weighted by Gasteiger charge is 2.31. The monoisotopic (exact) mass is 332 g/mol. The molecule has 2 heteroatoms. The first-order chi connectivity index (χ1) is 10.7. The molecule has 0 aromatic carbocycles. The average molecular weight is 333 g/mol. The highest BCUT2D eigenvalue weighted by molar-refractivity contribution is 6.13. The van der Waals surface area contributed by atoms with Gasteiger partial charge < -0.3 is 0 Å². The number of hydrogen-bond donors (Lipinski definition) is 0. The van der Waals surface area contributed by atoms with Gasteiger partial charge in [0.25, 0.3) is 0 Å². The molecule has 0 bridgehead atoms. The zero-order valence-electron chi connectivity index (χ0n) is 17.2. The van der Waals surface area contributed by atoms with E-state index in [1.165, 1.54) is 5.57 Å². The molecule has 0 aromatic rings. The van der Waals surface area contributed by atoms with Gasteiger partial charge in [0.2, 0.25) is 0 Å². The van der Waals surface area contributed by atoms with Gasteiger partial charge in [0, 0.05) is 12.0 Å². The minimum absolute atomic E-state index is 0.0306. The van der Waals surface area contributed by atoms with E-state index in [-0.39, 0.29) is 17.0 Å². The lowest BCUT2D eigenvalue weighted by molar-refractivity contribution is -0.117. The van der Waals surface area contributed by atoms with Gasteiger partial charge in [0.15, 0.2) is 11.6 Å². The van der Waals surface area contributed by atoms with Crippen molar-refractivity contribution in [1.82, 2.24) is 0 Å². The zero-order valence-corrected chi connectivity index (χ0v) is 17.2. The maximum atomic E-state index is 12.7. The topological polar surface area (TPSA) is 34.1 Å². The van der Waals surface area contributed by atoms with Crippen molar-refractivity contribution >= 4 is 11.6 Å². The van der Waals surface area contributed by atoms with Gasteiger partial charge in [-0.15, -0.1) is 0 Å². The fraction of sp³-hybridized carbons (Fsp3) is 0.636. The molecule has 0 saturated carbocycles. The Morgan fingerprint density at radius 1 is 1.00 bits per heavy atom. The molecule has 24 heavy (non-hydrogen) atoms. The molecule has 0 heterocycles. The Kier molecular flexibility index (Phi) is 8.08. The van der Waals surface area contributed by atoms with Crippen LogP contribution in [0.5, 0.6) is 0 Å². The van der Waals surface area contributed by atoms with E-state index in [4.69, 9.17) is 0 Å². The molecule has 0 radical (unpaired) electrons. The Balaban J connectivity index is 5.78. The summed E-state index contributed by atoms with van der Waals surface area (Å²) in [6.07, 6.45) is 4.37. The summed E-state index contributed by atoms with van der Waals surface area (Å²) >= 11 is 0. The van der Waals surface area contributed by atoms with Gasteiger partial charge in [0.05, 0.1) is 0 Å². The van der Waals surface area contributed by atoms with E-state index in [2.05, 4.69) is 40.3 Å². The zero-order chi connectivity index (χ0) is 19.3. The van der Waals surface area contributed by atoms with Gasteiger partial charge in [0.1, 0.15) is 0 Å². The second-order valence-corrected chi connectivity index (χ2v) is 8.76. The van der Waals surface area contributed by atoms with Crippen LogP contribution in [0.2, 0.25) is 0 Å². The first-order valence-corrected chi connectivity index (χ1v) is 8.83. The van der Waals surface area contributed by atoms with Crippen molar-refractivity contribution in [3.05, 3.63) is 34.9 Å². The average Bonchev–Trinajstić information content (AvgIpc) is 2.42. The summed E-state index contributed by atoms with van der Waals surface area (Å²) in [7, 11) is 0. The van der Waals surface area contributed by atoms with Crippen molar-refractivity contribution in [3.8, 4) is 0 Å². The highest BCUT2D eigenvalue weighted by atomic mass is 16.1. The van der Waals surface area contributed by atoms with E-state index < -0.39 is 5.41 Å². The Morgan fingerprint density at radius 3 is 1.88 bits per heavy atom. The molecule has 0 fully saturated rings. The van der Waals surface area contributed by atoms with Crippen molar-refractivity contribution in [2.45, 2.75) is 81.6 Å². The first kappa shape index (κ1) is 22.6. The second kappa shape index (κ2) is 8.60. The summed E-state index contributed by atoms with van der Waals surface area (Å²) in [6.45, 7) is 22.0.